The molecule has 0 saturated carbocycles. The van der Waals surface area contributed by atoms with Crippen LogP contribution in [-0.4, -0.2) is 0 Å². The minimum Gasteiger partial charge on any atom is -0.146 e. The van der Waals surface area contributed by atoms with Crippen LogP contribution in [0.1, 0.15) is 43.3 Å². The zero-order valence-corrected chi connectivity index (χ0v) is 13.2. The predicted octanol–water partition coefficient (Wildman–Crippen LogP) is 5.34. The van der Waals surface area contributed by atoms with Crippen molar-refractivity contribution in [1.82, 2.24) is 0 Å². The Kier molecular flexibility index (Phi) is 3.33. The summed E-state index contributed by atoms with van der Waals surface area (Å²) in [5.41, 5.74) is 5.94. The topological polar surface area (TPSA) is 0 Å². The van der Waals surface area contributed by atoms with Gasteiger partial charge in [0.15, 0.2) is 0 Å². The number of rotatable bonds is 2. The van der Waals surface area contributed by atoms with E-state index in [1.54, 1.807) is 11.1 Å². The van der Waals surface area contributed by atoms with E-state index in [0.29, 0.717) is 4.83 Å². The highest BCUT2D eigenvalue weighted by molar-refractivity contribution is 9.09. The lowest BCUT2D eigenvalue weighted by molar-refractivity contribution is 0.911. The van der Waals surface area contributed by atoms with Gasteiger partial charge in [-0.3, -0.25) is 0 Å². The Morgan fingerprint density at radius 1 is 1.11 bits per heavy atom. The van der Waals surface area contributed by atoms with Crippen LogP contribution in [0.2, 0.25) is 0 Å². The van der Waals surface area contributed by atoms with E-state index in [9.17, 15) is 0 Å². The highest BCUT2D eigenvalue weighted by Crippen LogP contribution is 2.38. The van der Waals surface area contributed by atoms with Crippen LogP contribution in [0.15, 0.2) is 24.3 Å². The van der Waals surface area contributed by atoms with Crippen molar-refractivity contribution in [3.05, 3.63) is 56.3 Å². The Morgan fingerprint density at radius 2 is 1.89 bits per heavy atom. The first kappa shape index (κ1) is 12.4. The minimum atomic E-state index is 0.341. The molecule has 2 aromatic rings. The third-order valence-corrected chi connectivity index (χ3v) is 5.77. The average Bonchev–Trinajstić information content (AvgIpc) is 2.93. The van der Waals surface area contributed by atoms with Gasteiger partial charge in [0.25, 0.3) is 0 Å². The Bertz CT molecular complexity index is 583. The standard InChI is InChI=1S/C16H17BrS/c1-10-8-15(11(2)18-10)16(17)14-7-6-12-4-3-5-13(12)9-14/h6-9,16H,3-5H2,1-2H3. The molecule has 0 spiro atoms. The van der Waals surface area contributed by atoms with E-state index >= 15 is 0 Å². The first-order chi connectivity index (χ1) is 8.65. The lowest BCUT2D eigenvalue weighted by Crippen LogP contribution is -1.94. The van der Waals surface area contributed by atoms with E-state index < -0.39 is 0 Å². The molecule has 1 heterocycles. The molecule has 0 fully saturated rings. The van der Waals surface area contributed by atoms with E-state index in [-0.39, 0.29) is 0 Å². The number of fused-ring (bicyclic) bond motifs is 1. The molecule has 0 saturated heterocycles. The second kappa shape index (κ2) is 4.82. The summed E-state index contributed by atoms with van der Waals surface area (Å²) in [6, 6.07) is 9.32. The second-order valence-corrected chi connectivity index (χ2v) is 7.49. The molecule has 0 N–H and O–H groups in total. The summed E-state index contributed by atoms with van der Waals surface area (Å²) in [7, 11) is 0. The number of halogens is 1. The maximum Gasteiger partial charge on any atom is 0.0655 e. The molecule has 1 unspecified atom stereocenters. The quantitative estimate of drug-likeness (QED) is 0.655. The zero-order chi connectivity index (χ0) is 12.7. The molecule has 0 amide bonds. The van der Waals surface area contributed by atoms with Crippen LogP contribution in [0, 0.1) is 13.8 Å². The first-order valence-electron chi connectivity index (χ1n) is 6.48. The van der Waals surface area contributed by atoms with Crippen molar-refractivity contribution in [3.8, 4) is 0 Å². The zero-order valence-electron chi connectivity index (χ0n) is 10.8. The summed E-state index contributed by atoms with van der Waals surface area (Å²) < 4.78 is 0. The van der Waals surface area contributed by atoms with Crippen LogP contribution in [0.25, 0.3) is 0 Å². The minimum absolute atomic E-state index is 0.341. The average molecular weight is 321 g/mol. The van der Waals surface area contributed by atoms with Crippen LogP contribution in [0.4, 0.5) is 0 Å². The fraction of sp³-hybridized carbons (Fsp3) is 0.375. The number of benzene rings is 1. The molecule has 0 radical (unpaired) electrons. The first-order valence-corrected chi connectivity index (χ1v) is 8.21. The molecular weight excluding hydrogens is 304 g/mol. The Morgan fingerprint density at radius 3 is 2.61 bits per heavy atom. The summed E-state index contributed by atoms with van der Waals surface area (Å²) in [6.45, 7) is 4.40. The number of aryl methyl sites for hydroxylation is 4. The highest BCUT2D eigenvalue weighted by Gasteiger charge is 2.18. The SMILES string of the molecule is Cc1cc(C(Br)c2ccc3c(c2)CCC3)c(C)s1. The third-order valence-electron chi connectivity index (χ3n) is 3.77. The van der Waals surface area contributed by atoms with Crippen molar-refractivity contribution in [2.75, 3.05) is 0 Å². The summed E-state index contributed by atoms with van der Waals surface area (Å²) in [6.07, 6.45) is 3.84. The molecular formula is C16H17BrS. The van der Waals surface area contributed by atoms with Gasteiger partial charge >= 0.3 is 0 Å². The van der Waals surface area contributed by atoms with Gasteiger partial charge in [0, 0.05) is 9.75 Å². The van der Waals surface area contributed by atoms with Gasteiger partial charge in [-0.15, -0.1) is 11.3 Å². The van der Waals surface area contributed by atoms with E-state index in [2.05, 4.69) is 54.0 Å². The number of alkyl halides is 1. The van der Waals surface area contributed by atoms with Gasteiger partial charge in [-0.05, 0) is 61.4 Å². The van der Waals surface area contributed by atoms with Crippen LogP contribution in [-0.2, 0) is 12.8 Å². The van der Waals surface area contributed by atoms with Crippen molar-refractivity contribution in [1.29, 1.82) is 0 Å². The maximum absolute atomic E-state index is 3.87. The Balaban J connectivity index is 1.97. The fourth-order valence-corrected chi connectivity index (χ4v) is 4.71. The van der Waals surface area contributed by atoms with Crippen LogP contribution in [0.5, 0.6) is 0 Å². The van der Waals surface area contributed by atoms with Gasteiger partial charge in [-0.1, -0.05) is 34.1 Å². The molecule has 1 aromatic heterocycles. The van der Waals surface area contributed by atoms with E-state index in [1.165, 1.54) is 40.1 Å². The van der Waals surface area contributed by atoms with Crippen LogP contribution in [0.3, 0.4) is 0 Å². The molecule has 1 atom stereocenters. The fourth-order valence-electron chi connectivity index (χ4n) is 2.83. The second-order valence-electron chi connectivity index (χ2n) is 5.11. The van der Waals surface area contributed by atoms with Gasteiger partial charge in [0.2, 0.25) is 0 Å². The van der Waals surface area contributed by atoms with Crippen LogP contribution < -0.4 is 0 Å². The van der Waals surface area contributed by atoms with E-state index in [4.69, 9.17) is 0 Å². The van der Waals surface area contributed by atoms with Crippen molar-refractivity contribution in [3.63, 3.8) is 0 Å². The van der Waals surface area contributed by atoms with Gasteiger partial charge in [-0.2, -0.15) is 0 Å². The number of thiophene rings is 1. The summed E-state index contributed by atoms with van der Waals surface area (Å²) in [5, 5.41) is 0. The van der Waals surface area contributed by atoms with E-state index in [1.807, 2.05) is 11.3 Å². The monoisotopic (exact) mass is 320 g/mol. The smallest absolute Gasteiger partial charge is 0.0655 e. The number of hydrogen-bond donors (Lipinski definition) is 0. The van der Waals surface area contributed by atoms with Gasteiger partial charge in [-0.25, -0.2) is 0 Å². The van der Waals surface area contributed by atoms with Crippen molar-refractivity contribution >= 4 is 27.3 Å². The predicted molar refractivity (Wildman–Crippen MR) is 83.0 cm³/mol. The molecule has 0 nitrogen and oxygen atoms in total. The lowest BCUT2D eigenvalue weighted by atomic mass is 10.0. The molecule has 18 heavy (non-hydrogen) atoms. The van der Waals surface area contributed by atoms with Crippen molar-refractivity contribution in [2.24, 2.45) is 0 Å². The number of hydrogen-bond acceptors (Lipinski definition) is 1. The van der Waals surface area contributed by atoms with Gasteiger partial charge < -0.3 is 0 Å². The lowest BCUT2D eigenvalue weighted by Gasteiger charge is -2.12. The molecule has 1 aromatic carbocycles. The summed E-state index contributed by atoms with van der Waals surface area (Å²) in [4.78, 5) is 3.16. The van der Waals surface area contributed by atoms with Gasteiger partial charge in [0.1, 0.15) is 0 Å². The van der Waals surface area contributed by atoms with E-state index in [0.717, 1.165) is 0 Å². The molecule has 0 aliphatic heterocycles. The van der Waals surface area contributed by atoms with Gasteiger partial charge in [0.05, 0.1) is 4.83 Å². The molecule has 2 heteroatoms. The Labute approximate surface area is 121 Å². The third kappa shape index (κ3) is 2.17. The normalized spacial score (nSPS) is 15.7. The van der Waals surface area contributed by atoms with Crippen LogP contribution >= 0.6 is 27.3 Å². The molecule has 0 bridgehead atoms. The highest BCUT2D eigenvalue weighted by atomic mass is 79.9. The maximum atomic E-state index is 3.87. The molecule has 1 aliphatic carbocycles. The molecule has 94 valence electrons. The largest absolute Gasteiger partial charge is 0.146 e. The Hall–Kier alpha value is -0.600. The summed E-state index contributed by atoms with van der Waals surface area (Å²) in [5.74, 6) is 0. The summed E-state index contributed by atoms with van der Waals surface area (Å²) >= 11 is 5.76. The molecule has 1 aliphatic rings. The molecule has 3 rings (SSSR count). The van der Waals surface area contributed by atoms with Crippen molar-refractivity contribution < 1.29 is 0 Å². The van der Waals surface area contributed by atoms with Crippen molar-refractivity contribution in [2.45, 2.75) is 37.9 Å².